The molecule has 2 N–H and O–H groups in total. The summed E-state index contributed by atoms with van der Waals surface area (Å²) in [7, 11) is -3.55. The number of benzene rings is 1. The second-order valence-corrected chi connectivity index (χ2v) is 7.18. The van der Waals surface area contributed by atoms with Crippen LogP contribution in [0.15, 0.2) is 41.6 Å². The lowest BCUT2D eigenvalue weighted by atomic mass is 10.2. The molecule has 0 saturated carbocycles. The molecular weight excluding hydrogens is 312 g/mol. The van der Waals surface area contributed by atoms with E-state index < -0.39 is 10.0 Å². The Morgan fingerprint density at radius 2 is 2.09 bits per heavy atom. The van der Waals surface area contributed by atoms with Gasteiger partial charge in [-0.15, -0.1) is 0 Å². The normalized spacial score (nSPS) is 12.1. The van der Waals surface area contributed by atoms with Gasteiger partial charge in [0.1, 0.15) is 5.82 Å². The second-order valence-electron chi connectivity index (χ2n) is 5.44. The Kier molecular flexibility index (Phi) is 4.23. The van der Waals surface area contributed by atoms with Crippen LogP contribution < -0.4 is 4.72 Å². The molecule has 7 heteroatoms. The van der Waals surface area contributed by atoms with Gasteiger partial charge in [-0.3, -0.25) is 0 Å². The molecule has 3 aromatic rings. The van der Waals surface area contributed by atoms with Crippen molar-refractivity contribution in [2.75, 3.05) is 6.54 Å². The summed E-state index contributed by atoms with van der Waals surface area (Å²) in [6.45, 7) is 4.84. The third-order valence-corrected chi connectivity index (χ3v) is 5.25. The number of nitrogens with zero attached hydrogens (tertiary/aromatic N) is 2. The van der Waals surface area contributed by atoms with Gasteiger partial charge in [-0.1, -0.05) is 25.1 Å². The van der Waals surface area contributed by atoms with Crippen LogP contribution in [0.1, 0.15) is 18.4 Å². The predicted octanol–water partition coefficient (Wildman–Crippen LogP) is 2.21. The number of nitrogens with one attached hydrogen (secondary N) is 2. The highest BCUT2D eigenvalue weighted by molar-refractivity contribution is 7.89. The summed E-state index contributed by atoms with van der Waals surface area (Å²) in [5.74, 6) is 0.664. The van der Waals surface area contributed by atoms with Gasteiger partial charge in [-0.05, 0) is 24.4 Å². The van der Waals surface area contributed by atoms with E-state index in [0.29, 0.717) is 25.3 Å². The monoisotopic (exact) mass is 332 g/mol. The molecule has 0 aliphatic carbocycles. The number of aryl methyl sites for hydroxylation is 2. The zero-order valence-corrected chi connectivity index (χ0v) is 14.0. The number of aromatic amines is 1. The number of aromatic nitrogens is 3. The van der Waals surface area contributed by atoms with E-state index in [2.05, 4.69) is 31.4 Å². The van der Waals surface area contributed by atoms with Crippen LogP contribution in [0.4, 0.5) is 0 Å². The fourth-order valence-electron chi connectivity index (χ4n) is 2.67. The van der Waals surface area contributed by atoms with Gasteiger partial charge < -0.3 is 9.55 Å². The zero-order chi connectivity index (χ0) is 16.4. The zero-order valence-electron chi connectivity index (χ0n) is 13.2. The maximum atomic E-state index is 12.2. The maximum Gasteiger partial charge on any atom is 0.257 e. The number of para-hydroxylation sites is 1. The number of sulfonamides is 1. The Labute approximate surface area is 135 Å². The van der Waals surface area contributed by atoms with E-state index in [9.17, 15) is 8.42 Å². The highest BCUT2D eigenvalue weighted by Crippen LogP contribution is 2.18. The van der Waals surface area contributed by atoms with E-state index in [0.717, 1.165) is 16.6 Å². The first kappa shape index (κ1) is 15.8. The van der Waals surface area contributed by atoms with E-state index in [1.807, 2.05) is 32.0 Å². The van der Waals surface area contributed by atoms with Gasteiger partial charge in [0.2, 0.25) is 0 Å². The number of rotatable bonds is 6. The molecule has 0 unspecified atom stereocenters. The highest BCUT2D eigenvalue weighted by Gasteiger charge is 2.16. The molecular formula is C16H20N4O2S. The minimum Gasteiger partial charge on any atom is -0.344 e. The number of fused-ring (bicyclic) bond motifs is 1. The van der Waals surface area contributed by atoms with Crippen molar-refractivity contribution < 1.29 is 8.42 Å². The first-order valence-electron chi connectivity index (χ1n) is 7.59. The third-order valence-electron chi connectivity index (χ3n) is 3.87. The Morgan fingerprint density at radius 3 is 2.83 bits per heavy atom. The lowest BCUT2D eigenvalue weighted by Crippen LogP contribution is -2.28. The van der Waals surface area contributed by atoms with Gasteiger partial charge >= 0.3 is 0 Å². The van der Waals surface area contributed by atoms with Crippen LogP contribution in [0.25, 0.3) is 10.9 Å². The largest absolute Gasteiger partial charge is 0.344 e. The van der Waals surface area contributed by atoms with Crippen molar-refractivity contribution in [2.45, 2.75) is 31.8 Å². The van der Waals surface area contributed by atoms with Gasteiger partial charge in [0.05, 0.1) is 6.20 Å². The lowest BCUT2D eigenvalue weighted by molar-refractivity contribution is 0.570. The molecule has 0 fully saturated rings. The summed E-state index contributed by atoms with van der Waals surface area (Å²) in [5, 5.41) is 1.28. The van der Waals surface area contributed by atoms with Crippen molar-refractivity contribution in [3.8, 4) is 0 Å². The van der Waals surface area contributed by atoms with E-state index in [4.69, 9.17) is 0 Å². The second kappa shape index (κ2) is 6.17. The summed E-state index contributed by atoms with van der Waals surface area (Å²) in [5.41, 5.74) is 2.22. The topological polar surface area (TPSA) is 79.8 Å². The average Bonchev–Trinajstić information content (AvgIpc) is 3.13. The van der Waals surface area contributed by atoms with Gasteiger partial charge in [0.15, 0.2) is 5.03 Å². The summed E-state index contributed by atoms with van der Waals surface area (Å²) in [4.78, 5) is 6.85. The van der Waals surface area contributed by atoms with Crippen LogP contribution in [-0.2, 0) is 23.0 Å². The molecule has 6 nitrogen and oxygen atoms in total. The lowest BCUT2D eigenvalue weighted by Gasteiger charge is -2.09. The molecule has 0 atom stereocenters. The first-order chi connectivity index (χ1) is 11.0. The Morgan fingerprint density at radius 1 is 1.30 bits per heavy atom. The predicted molar refractivity (Wildman–Crippen MR) is 89.8 cm³/mol. The smallest absolute Gasteiger partial charge is 0.257 e. The van der Waals surface area contributed by atoms with E-state index >= 15 is 0 Å². The van der Waals surface area contributed by atoms with Crippen LogP contribution in [-0.4, -0.2) is 29.5 Å². The molecule has 2 aromatic heterocycles. The number of imidazole rings is 1. The van der Waals surface area contributed by atoms with E-state index in [-0.39, 0.29) is 5.03 Å². The van der Waals surface area contributed by atoms with Crippen molar-refractivity contribution in [1.82, 2.24) is 19.3 Å². The summed E-state index contributed by atoms with van der Waals surface area (Å²) in [6.07, 6.45) is 2.03. The van der Waals surface area contributed by atoms with Crippen molar-refractivity contribution in [3.63, 3.8) is 0 Å². The third kappa shape index (κ3) is 3.16. The molecule has 2 heterocycles. The van der Waals surface area contributed by atoms with Crippen LogP contribution >= 0.6 is 0 Å². The van der Waals surface area contributed by atoms with Gasteiger partial charge in [0, 0.05) is 30.7 Å². The van der Waals surface area contributed by atoms with Crippen LogP contribution in [0.5, 0.6) is 0 Å². The minimum absolute atomic E-state index is 0.114. The molecule has 3 rings (SSSR count). The molecule has 1 aromatic carbocycles. The van der Waals surface area contributed by atoms with Crippen molar-refractivity contribution in [3.05, 3.63) is 48.0 Å². The van der Waals surface area contributed by atoms with Gasteiger partial charge in [0.25, 0.3) is 10.0 Å². The number of hydrogen-bond acceptors (Lipinski definition) is 3. The molecule has 0 bridgehead atoms. The van der Waals surface area contributed by atoms with Crippen molar-refractivity contribution in [2.24, 2.45) is 0 Å². The van der Waals surface area contributed by atoms with E-state index in [1.54, 1.807) is 0 Å². The number of hydrogen-bond donors (Lipinski definition) is 2. The van der Waals surface area contributed by atoms with Gasteiger partial charge in [-0.2, -0.15) is 0 Å². The van der Waals surface area contributed by atoms with Crippen LogP contribution in [0.2, 0.25) is 0 Å². The van der Waals surface area contributed by atoms with Crippen LogP contribution in [0, 0.1) is 6.92 Å². The standard InChI is InChI=1S/C16H20N4O2S/c1-3-15-17-11-16(19-15)23(21,22)18-8-9-20-12(2)10-13-6-4-5-7-14(13)20/h4-7,10-11,18H,3,8-9H2,1-2H3,(H,17,19). The SMILES string of the molecule is CCc1ncc(S(=O)(=O)NCCn2c(C)cc3ccccc32)[nH]1. The summed E-state index contributed by atoms with van der Waals surface area (Å²) < 4.78 is 29.2. The molecule has 0 radical (unpaired) electrons. The molecule has 0 aliphatic rings. The molecule has 23 heavy (non-hydrogen) atoms. The maximum absolute atomic E-state index is 12.2. The minimum atomic E-state index is -3.55. The molecule has 0 saturated heterocycles. The highest BCUT2D eigenvalue weighted by atomic mass is 32.2. The fourth-order valence-corrected chi connectivity index (χ4v) is 3.63. The summed E-state index contributed by atoms with van der Waals surface area (Å²) >= 11 is 0. The Balaban J connectivity index is 1.72. The molecule has 122 valence electrons. The summed E-state index contributed by atoms with van der Waals surface area (Å²) in [6, 6.07) is 10.2. The molecule has 0 aliphatic heterocycles. The quantitative estimate of drug-likeness (QED) is 0.726. The Bertz CT molecular complexity index is 925. The average molecular weight is 332 g/mol. The van der Waals surface area contributed by atoms with E-state index in [1.165, 1.54) is 6.20 Å². The van der Waals surface area contributed by atoms with Crippen LogP contribution in [0.3, 0.4) is 0 Å². The molecule has 0 amide bonds. The fraction of sp³-hybridized carbons (Fsp3) is 0.312. The van der Waals surface area contributed by atoms with Crippen molar-refractivity contribution >= 4 is 20.9 Å². The molecule has 0 spiro atoms. The van der Waals surface area contributed by atoms with Gasteiger partial charge in [-0.25, -0.2) is 18.1 Å². The van der Waals surface area contributed by atoms with Crippen molar-refractivity contribution in [1.29, 1.82) is 0 Å². The Hall–Kier alpha value is -2.12. The number of H-pyrrole nitrogens is 1. The first-order valence-corrected chi connectivity index (χ1v) is 9.08.